The van der Waals surface area contributed by atoms with E-state index in [0.29, 0.717) is 33.4 Å². The number of hydrogen-bond acceptors (Lipinski definition) is 4. The molecule has 0 saturated carbocycles. The fourth-order valence-electron chi connectivity index (χ4n) is 4.58. The predicted octanol–water partition coefficient (Wildman–Crippen LogP) is 4.70. The van der Waals surface area contributed by atoms with Crippen LogP contribution in [0.4, 0.5) is 4.39 Å². The van der Waals surface area contributed by atoms with Gasteiger partial charge in [-0.05, 0) is 72.6 Å². The minimum absolute atomic E-state index is 0.00128. The van der Waals surface area contributed by atoms with Crippen molar-refractivity contribution in [2.45, 2.75) is 12.5 Å². The molecule has 5 rings (SSSR count). The van der Waals surface area contributed by atoms with E-state index >= 15 is 0 Å². The number of benzene rings is 3. The van der Waals surface area contributed by atoms with Crippen LogP contribution in [0, 0.1) is 5.82 Å². The van der Waals surface area contributed by atoms with Gasteiger partial charge in [0.05, 0.1) is 5.56 Å². The highest BCUT2D eigenvalue weighted by Gasteiger charge is 2.24. The maximum absolute atomic E-state index is 13.4. The largest absolute Gasteiger partial charge is 0.455 e. The number of carbonyl (C=O) groups excluding carboxylic acids is 2. The summed E-state index contributed by atoms with van der Waals surface area (Å²) in [5.41, 5.74) is 4.02. The molecule has 2 heterocycles. The van der Waals surface area contributed by atoms with Crippen molar-refractivity contribution in [1.29, 1.82) is 0 Å². The Bertz CT molecular complexity index is 1390. The second-order valence-corrected chi connectivity index (χ2v) is 8.74. The lowest BCUT2D eigenvalue weighted by Crippen LogP contribution is -2.38. The van der Waals surface area contributed by atoms with Gasteiger partial charge in [-0.2, -0.15) is 0 Å². The molecule has 0 aliphatic carbocycles. The van der Waals surface area contributed by atoms with Crippen molar-refractivity contribution in [3.05, 3.63) is 83.7 Å². The maximum atomic E-state index is 13.4. The Morgan fingerprint density at radius 3 is 2.34 bits per heavy atom. The zero-order valence-corrected chi connectivity index (χ0v) is 19.6. The summed E-state index contributed by atoms with van der Waals surface area (Å²) in [6, 6.07) is 19.2. The molecule has 35 heavy (non-hydrogen) atoms. The number of furan rings is 1. The lowest BCUT2D eigenvalue weighted by molar-refractivity contribution is 0.0743. The molecule has 178 valence electrons. The molecule has 2 amide bonds. The highest BCUT2D eigenvalue weighted by molar-refractivity contribution is 6.11. The maximum Gasteiger partial charge on any atom is 0.255 e. The first kappa shape index (κ1) is 22.8. The van der Waals surface area contributed by atoms with Crippen molar-refractivity contribution >= 4 is 22.8 Å². The molecule has 7 heteroatoms. The van der Waals surface area contributed by atoms with Crippen molar-refractivity contribution < 1.29 is 18.4 Å². The molecular weight excluding hydrogens is 445 g/mol. The first-order chi connectivity index (χ1) is 17.0. The Labute approximate surface area is 202 Å². The normalized spacial score (nSPS) is 15.3. The zero-order valence-electron chi connectivity index (χ0n) is 19.6. The first-order valence-electron chi connectivity index (χ1n) is 11.6. The monoisotopic (exact) mass is 471 g/mol. The van der Waals surface area contributed by atoms with Crippen LogP contribution in [-0.4, -0.2) is 49.9 Å². The molecule has 1 fully saturated rings. The van der Waals surface area contributed by atoms with E-state index in [4.69, 9.17) is 4.42 Å². The number of fused-ring (bicyclic) bond motifs is 1. The summed E-state index contributed by atoms with van der Waals surface area (Å²) in [7, 11) is 3.41. The smallest absolute Gasteiger partial charge is 0.255 e. The summed E-state index contributed by atoms with van der Waals surface area (Å²) in [6.07, 6.45) is 0.957. The molecule has 1 atom stereocenters. The number of amides is 2. The van der Waals surface area contributed by atoms with E-state index in [1.54, 1.807) is 24.1 Å². The van der Waals surface area contributed by atoms with Crippen LogP contribution in [0.1, 0.15) is 27.1 Å². The van der Waals surface area contributed by atoms with E-state index in [0.717, 1.165) is 30.6 Å². The van der Waals surface area contributed by atoms with Crippen LogP contribution in [0.2, 0.25) is 0 Å². The van der Waals surface area contributed by atoms with E-state index in [9.17, 15) is 14.0 Å². The second kappa shape index (κ2) is 9.35. The molecule has 1 aliphatic heterocycles. The summed E-state index contributed by atoms with van der Waals surface area (Å²) < 4.78 is 19.5. The van der Waals surface area contributed by atoms with Gasteiger partial charge in [0.15, 0.2) is 0 Å². The molecular formula is C28H26FN3O3. The Kier molecular flexibility index (Phi) is 6.09. The van der Waals surface area contributed by atoms with Crippen LogP contribution in [0.3, 0.4) is 0 Å². The first-order valence-corrected chi connectivity index (χ1v) is 11.6. The fourth-order valence-corrected chi connectivity index (χ4v) is 4.58. The third-order valence-electron chi connectivity index (χ3n) is 6.62. The number of nitrogens with zero attached hydrogens (tertiary/aromatic N) is 1. The van der Waals surface area contributed by atoms with Gasteiger partial charge in [-0.15, -0.1) is 0 Å². The lowest BCUT2D eigenvalue weighted by atomic mass is 9.99. The molecule has 1 aromatic heterocycles. The molecule has 1 aliphatic rings. The van der Waals surface area contributed by atoms with Crippen molar-refractivity contribution in [2.75, 3.05) is 27.2 Å². The molecule has 1 saturated heterocycles. The van der Waals surface area contributed by atoms with Gasteiger partial charge in [-0.3, -0.25) is 9.59 Å². The standard InChI is InChI=1S/C28H26FN3O3/c1-30-27(33)25-23-15-20(9-12-24(23)35-26(25)18-7-10-21(29)11-8-18)17-3-5-19(6-4-17)28(34)32(2)22-13-14-31-16-22/h3-12,15,22,31H,13-14,16H2,1-2H3,(H,30,33). The van der Waals surface area contributed by atoms with Crippen LogP contribution in [-0.2, 0) is 0 Å². The molecule has 1 unspecified atom stereocenters. The highest BCUT2D eigenvalue weighted by atomic mass is 19.1. The number of halogens is 1. The van der Waals surface area contributed by atoms with Gasteiger partial charge in [0.1, 0.15) is 17.2 Å². The average molecular weight is 472 g/mol. The molecule has 4 aromatic rings. The fraction of sp³-hybridized carbons (Fsp3) is 0.214. The molecule has 3 aromatic carbocycles. The number of rotatable bonds is 5. The molecule has 2 N–H and O–H groups in total. The average Bonchev–Trinajstić information content (AvgIpc) is 3.56. The van der Waals surface area contributed by atoms with Crippen LogP contribution in [0.15, 0.2) is 71.1 Å². The molecule has 0 spiro atoms. The summed E-state index contributed by atoms with van der Waals surface area (Å²) in [5, 5.41) is 6.63. The SMILES string of the molecule is CNC(=O)c1c(-c2ccc(F)cc2)oc2ccc(-c3ccc(C(=O)N(C)C4CCNC4)cc3)cc12. The van der Waals surface area contributed by atoms with Crippen molar-refractivity contribution in [3.8, 4) is 22.5 Å². The van der Waals surface area contributed by atoms with Gasteiger partial charge in [0.2, 0.25) is 0 Å². The number of nitrogens with one attached hydrogen (secondary N) is 2. The molecule has 6 nitrogen and oxygen atoms in total. The Morgan fingerprint density at radius 2 is 1.69 bits per heavy atom. The van der Waals surface area contributed by atoms with E-state index in [1.165, 1.54) is 12.1 Å². The quantitative estimate of drug-likeness (QED) is 0.443. The topological polar surface area (TPSA) is 74.6 Å². The lowest BCUT2D eigenvalue weighted by Gasteiger charge is -2.23. The van der Waals surface area contributed by atoms with Crippen LogP contribution >= 0.6 is 0 Å². The van der Waals surface area contributed by atoms with E-state index < -0.39 is 0 Å². The second-order valence-electron chi connectivity index (χ2n) is 8.74. The molecule has 0 bridgehead atoms. The third-order valence-corrected chi connectivity index (χ3v) is 6.62. The van der Waals surface area contributed by atoms with Gasteiger partial charge >= 0.3 is 0 Å². The van der Waals surface area contributed by atoms with Gasteiger partial charge in [0.25, 0.3) is 11.8 Å². The number of likely N-dealkylation sites (N-methyl/N-ethyl adjacent to an activating group) is 1. The minimum Gasteiger partial charge on any atom is -0.455 e. The van der Waals surface area contributed by atoms with Gasteiger partial charge < -0.3 is 20.0 Å². The zero-order chi connectivity index (χ0) is 24.5. The number of hydrogen-bond donors (Lipinski definition) is 2. The summed E-state index contributed by atoms with van der Waals surface area (Å²) in [5.74, 6) is -0.254. The van der Waals surface area contributed by atoms with Gasteiger partial charge in [-0.1, -0.05) is 18.2 Å². The Morgan fingerprint density at radius 1 is 1.00 bits per heavy atom. The van der Waals surface area contributed by atoms with E-state index in [-0.39, 0.29) is 23.7 Å². The van der Waals surface area contributed by atoms with Crippen molar-refractivity contribution in [2.24, 2.45) is 0 Å². The van der Waals surface area contributed by atoms with Crippen LogP contribution in [0.5, 0.6) is 0 Å². The third kappa shape index (κ3) is 4.31. The Hall–Kier alpha value is -3.97. The van der Waals surface area contributed by atoms with Crippen LogP contribution < -0.4 is 10.6 Å². The van der Waals surface area contributed by atoms with E-state index in [2.05, 4.69) is 10.6 Å². The van der Waals surface area contributed by atoms with E-state index in [1.807, 2.05) is 49.5 Å². The van der Waals surface area contributed by atoms with Crippen molar-refractivity contribution in [1.82, 2.24) is 15.5 Å². The van der Waals surface area contributed by atoms with Gasteiger partial charge in [-0.25, -0.2) is 4.39 Å². The minimum atomic E-state index is -0.360. The summed E-state index contributed by atoms with van der Waals surface area (Å²) in [6.45, 7) is 1.75. The van der Waals surface area contributed by atoms with Crippen molar-refractivity contribution in [3.63, 3.8) is 0 Å². The highest BCUT2D eigenvalue weighted by Crippen LogP contribution is 2.36. The Balaban J connectivity index is 1.50. The predicted molar refractivity (Wildman–Crippen MR) is 134 cm³/mol. The summed E-state index contributed by atoms with van der Waals surface area (Å²) >= 11 is 0. The van der Waals surface area contributed by atoms with Gasteiger partial charge in [0, 0.05) is 43.2 Å². The molecule has 0 radical (unpaired) electrons. The van der Waals surface area contributed by atoms with Crippen LogP contribution in [0.25, 0.3) is 33.4 Å². The number of carbonyl (C=O) groups is 2. The summed E-state index contributed by atoms with van der Waals surface area (Å²) in [4.78, 5) is 27.5.